The van der Waals surface area contributed by atoms with Crippen molar-refractivity contribution in [1.82, 2.24) is 10.2 Å². The molecule has 0 aliphatic carbocycles. The Balaban J connectivity index is 2.66. The van der Waals surface area contributed by atoms with Crippen LogP contribution in [-0.2, 0) is 9.59 Å². The fourth-order valence-electron chi connectivity index (χ4n) is 1.97. The normalized spacial score (nSPS) is 12.0. The molecule has 7 nitrogen and oxygen atoms in total. The van der Waals surface area contributed by atoms with E-state index >= 15 is 0 Å². The molecule has 1 aromatic heterocycles. The lowest BCUT2D eigenvalue weighted by Gasteiger charge is -2.27. The molecule has 0 bridgehead atoms. The largest absolute Gasteiger partial charge is 0.481 e. The van der Waals surface area contributed by atoms with Crippen LogP contribution in [-0.4, -0.2) is 46.9 Å². The van der Waals surface area contributed by atoms with Crippen LogP contribution in [0.1, 0.15) is 37.7 Å². The van der Waals surface area contributed by atoms with Gasteiger partial charge in [0.25, 0.3) is 5.91 Å². The van der Waals surface area contributed by atoms with Gasteiger partial charge in [0.1, 0.15) is 6.04 Å². The summed E-state index contributed by atoms with van der Waals surface area (Å²) in [5.41, 5.74) is 0. The maximum Gasteiger partial charge on any atom is 0.305 e. The van der Waals surface area contributed by atoms with Crippen LogP contribution in [0.15, 0.2) is 22.8 Å². The number of hydrogen-bond acceptors (Lipinski definition) is 4. The van der Waals surface area contributed by atoms with Crippen molar-refractivity contribution < 1.29 is 23.9 Å². The molecular weight excluding hydrogens is 288 g/mol. The van der Waals surface area contributed by atoms with E-state index in [0.717, 1.165) is 0 Å². The predicted octanol–water partition coefficient (Wildman–Crippen LogP) is 1.36. The van der Waals surface area contributed by atoms with E-state index in [4.69, 9.17) is 9.52 Å². The number of aliphatic carboxylic acids is 1. The summed E-state index contributed by atoms with van der Waals surface area (Å²) in [5.74, 6) is -1.43. The van der Waals surface area contributed by atoms with Crippen molar-refractivity contribution in [3.63, 3.8) is 0 Å². The van der Waals surface area contributed by atoms with Gasteiger partial charge in [-0.3, -0.25) is 14.4 Å². The van der Waals surface area contributed by atoms with Gasteiger partial charge in [-0.2, -0.15) is 0 Å². The zero-order chi connectivity index (χ0) is 16.7. The molecule has 1 atom stereocenters. The molecular formula is C15H22N2O5. The maximum absolute atomic E-state index is 12.4. The molecule has 7 heteroatoms. The van der Waals surface area contributed by atoms with Gasteiger partial charge in [0.05, 0.1) is 12.7 Å². The van der Waals surface area contributed by atoms with Gasteiger partial charge in [-0.05, 0) is 25.0 Å². The van der Waals surface area contributed by atoms with Crippen LogP contribution in [0.5, 0.6) is 0 Å². The Hall–Kier alpha value is -2.31. The topological polar surface area (TPSA) is 99.9 Å². The van der Waals surface area contributed by atoms with E-state index in [1.54, 1.807) is 13.0 Å². The van der Waals surface area contributed by atoms with Gasteiger partial charge < -0.3 is 19.7 Å². The first-order valence-corrected chi connectivity index (χ1v) is 7.16. The number of furan rings is 1. The molecule has 2 N–H and O–H groups in total. The van der Waals surface area contributed by atoms with Gasteiger partial charge in [0.15, 0.2) is 5.76 Å². The van der Waals surface area contributed by atoms with Crippen LogP contribution < -0.4 is 5.32 Å². The minimum absolute atomic E-state index is 0.118. The van der Waals surface area contributed by atoms with Crippen molar-refractivity contribution in [2.24, 2.45) is 5.92 Å². The number of rotatable bonds is 8. The highest BCUT2D eigenvalue weighted by Crippen LogP contribution is 2.05. The molecule has 0 spiro atoms. The molecule has 1 rings (SSSR count). The first-order valence-electron chi connectivity index (χ1n) is 7.16. The molecule has 0 saturated heterocycles. The molecule has 1 heterocycles. The second-order valence-electron chi connectivity index (χ2n) is 5.49. The average molecular weight is 310 g/mol. The Bertz CT molecular complexity index is 510. The number of nitrogens with one attached hydrogen (secondary N) is 1. The van der Waals surface area contributed by atoms with Crippen molar-refractivity contribution in [2.45, 2.75) is 33.2 Å². The van der Waals surface area contributed by atoms with E-state index < -0.39 is 17.9 Å². The first-order chi connectivity index (χ1) is 10.3. The molecule has 22 heavy (non-hydrogen) atoms. The van der Waals surface area contributed by atoms with Gasteiger partial charge in [-0.25, -0.2) is 0 Å². The van der Waals surface area contributed by atoms with E-state index in [1.165, 1.54) is 17.2 Å². The van der Waals surface area contributed by atoms with E-state index in [2.05, 4.69) is 5.32 Å². The molecule has 0 aromatic carbocycles. The molecule has 0 aliphatic heterocycles. The number of carbonyl (C=O) groups excluding carboxylic acids is 2. The minimum Gasteiger partial charge on any atom is -0.481 e. The van der Waals surface area contributed by atoms with Crippen molar-refractivity contribution in [1.29, 1.82) is 0 Å². The average Bonchev–Trinajstić information content (AvgIpc) is 2.96. The van der Waals surface area contributed by atoms with Gasteiger partial charge in [-0.1, -0.05) is 13.8 Å². The SMILES string of the molecule is CC(C)CN(CCC(=O)O)C(=O)[C@H](C)NC(=O)c1ccco1. The van der Waals surface area contributed by atoms with Crippen molar-refractivity contribution in [3.8, 4) is 0 Å². The number of amides is 2. The zero-order valence-corrected chi connectivity index (χ0v) is 13.0. The summed E-state index contributed by atoms with van der Waals surface area (Å²) in [5, 5.41) is 11.3. The number of hydrogen-bond donors (Lipinski definition) is 2. The zero-order valence-electron chi connectivity index (χ0n) is 13.0. The summed E-state index contributed by atoms with van der Waals surface area (Å²) in [6, 6.07) is 2.33. The lowest BCUT2D eigenvalue weighted by atomic mass is 10.1. The lowest BCUT2D eigenvalue weighted by molar-refractivity contribution is -0.139. The fraction of sp³-hybridized carbons (Fsp3) is 0.533. The monoisotopic (exact) mass is 310 g/mol. The fourth-order valence-corrected chi connectivity index (χ4v) is 1.97. The third-order valence-corrected chi connectivity index (χ3v) is 2.96. The Labute approximate surface area is 129 Å². The molecule has 122 valence electrons. The van der Waals surface area contributed by atoms with Crippen LogP contribution in [0.25, 0.3) is 0 Å². The van der Waals surface area contributed by atoms with Crippen LogP contribution >= 0.6 is 0 Å². The Morgan fingerprint density at radius 3 is 2.50 bits per heavy atom. The van der Waals surface area contributed by atoms with E-state index in [0.29, 0.717) is 6.54 Å². The second-order valence-corrected chi connectivity index (χ2v) is 5.49. The lowest BCUT2D eigenvalue weighted by Crippen LogP contribution is -2.48. The number of carboxylic acids is 1. The quantitative estimate of drug-likeness (QED) is 0.755. The van der Waals surface area contributed by atoms with Gasteiger partial charge in [0, 0.05) is 13.1 Å². The molecule has 0 aliphatic rings. The Morgan fingerprint density at radius 1 is 1.32 bits per heavy atom. The molecule has 0 radical (unpaired) electrons. The van der Waals surface area contributed by atoms with Gasteiger partial charge >= 0.3 is 5.97 Å². The second kappa shape index (κ2) is 8.21. The van der Waals surface area contributed by atoms with E-state index in [1.807, 2.05) is 13.8 Å². The van der Waals surface area contributed by atoms with Gasteiger partial charge in [-0.15, -0.1) is 0 Å². The number of carbonyl (C=O) groups is 3. The number of nitrogens with zero attached hydrogens (tertiary/aromatic N) is 1. The number of carboxylic acid groups (broad SMARTS) is 1. The van der Waals surface area contributed by atoms with Crippen molar-refractivity contribution in [3.05, 3.63) is 24.2 Å². The highest BCUT2D eigenvalue weighted by atomic mass is 16.4. The van der Waals surface area contributed by atoms with Crippen LogP contribution in [0.2, 0.25) is 0 Å². The highest BCUT2D eigenvalue weighted by Gasteiger charge is 2.24. The summed E-state index contributed by atoms with van der Waals surface area (Å²) in [7, 11) is 0. The van der Waals surface area contributed by atoms with Crippen LogP contribution in [0, 0.1) is 5.92 Å². The smallest absolute Gasteiger partial charge is 0.305 e. The summed E-state index contributed by atoms with van der Waals surface area (Å²) in [6.45, 7) is 6.00. The third kappa shape index (κ3) is 5.59. The summed E-state index contributed by atoms with van der Waals surface area (Å²) in [4.78, 5) is 36.4. The molecule has 0 fully saturated rings. The molecule has 0 saturated carbocycles. The molecule has 2 amide bonds. The first kappa shape index (κ1) is 17.7. The van der Waals surface area contributed by atoms with Crippen LogP contribution in [0.3, 0.4) is 0 Å². The minimum atomic E-state index is -0.964. The summed E-state index contributed by atoms with van der Waals surface area (Å²) < 4.78 is 4.97. The van der Waals surface area contributed by atoms with Crippen LogP contribution in [0.4, 0.5) is 0 Å². The van der Waals surface area contributed by atoms with E-state index in [9.17, 15) is 14.4 Å². The van der Waals surface area contributed by atoms with E-state index in [-0.39, 0.29) is 30.6 Å². The summed E-state index contributed by atoms with van der Waals surface area (Å²) in [6.07, 6.45) is 1.25. The Morgan fingerprint density at radius 2 is 2.00 bits per heavy atom. The maximum atomic E-state index is 12.4. The standard InChI is InChI=1S/C15H22N2O5/c1-10(2)9-17(7-6-13(18)19)15(21)11(3)16-14(20)12-5-4-8-22-12/h4-5,8,10-11H,6-7,9H2,1-3H3,(H,16,20)(H,18,19)/t11-/m0/s1. The molecule has 1 aromatic rings. The predicted molar refractivity (Wildman–Crippen MR) is 79.3 cm³/mol. The third-order valence-electron chi connectivity index (χ3n) is 2.96. The highest BCUT2D eigenvalue weighted by molar-refractivity contribution is 5.95. The van der Waals surface area contributed by atoms with Crippen molar-refractivity contribution >= 4 is 17.8 Å². The summed E-state index contributed by atoms with van der Waals surface area (Å²) >= 11 is 0. The Kier molecular flexibility index (Phi) is 6.62. The van der Waals surface area contributed by atoms with Crippen molar-refractivity contribution in [2.75, 3.05) is 13.1 Å². The van der Waals surface area contributed by atoms with Gasteiger partial charge in [0.2, 0.25) is 5.91 Å². The molecule has 0 unspecified atom stereocenters.